The number of carbonyl (C=O) groups is 1. The lowest BCUT2D eigenvalue weighted by molar-refractivity contribution is -0.114. The number of amides is 1. The second-order valence-electron chi connectivity index (χ2n) is 3.50. The van der Waals surface area contributed by atoms with E-state index in [2.05, 4.69) is 15.8 Å². The summed E-state index contributed by atoms with van der Waals surface area (Å²) in [5, 5.41) is 15.1. The number of rotatable bonds is 6. The van der Waals surface area contributed by atoms with Crippen LogP contribution in [0.2, 0.25) is 0 Å². The molecule has 1 amide bonds. The third-order valence-corrected chi connectivity index (χ3v) is 2.12. The molecule has 0 fully saturated rings. The second kappa shape index (κ2) is 7.71. The predicted octanol–water partition coefficient (Wildman–Crippen LogP) is 1.51. The van der Waals surface area contributed by atoms with Crippen LogP contribution in [0.3, 0.4) is 0 Å². The predicted molar refractivity (Wildman–Crippen MR) is 73.0 cm³/mol. The molecule has 0 atom stereocenters. The zero-order valence-electron chi connectivity index (χ0n) is 10.9. The number of anilines is 1. The first-order chi connectivity index (χ1) is 9.21. The van der Waals surface area contributed by atoms with E-state index in [1.165, 1.54) is 0 Å². The highest BCUT2D eigenvalue weighted by molar-refractivity contribution is 6.45. The molecule has 0 spiro atoms. The van der Waals surface area contributed by atoms with Crippen LogP contribution in [0.15, 0.2) is 29.4 Å². The minimum Gasteiger partial charge on any atom is -0.494 e. The van der Waals surface area contributed by atoms with Crippen molar-refractivity contribution in [2.75, 3.05) is 18.6 Å². The van der Waals surface area contributed by atoms with Gasteiger partial charge in [-0.1, -0.05) is 0 Å². The Bertz CT molecular complexity index is 488. The molecule has 0 aromatic heterocycles. The Kier molecular flexibility index (Phi) is 5.89. The SMILES string of the molecule is CCNC(=O)/C(C#N)=N/Nc1ccc(OCC)cc1. The van der Waals surface area contributed by atoms with Crippen LogP contribution in [0.1, 0.15) is 13.8 Å². The number of hydrogen-bond acceptors (Lipinski definition) is 5. The van der Waals surface area contributed by atoms with Gasteiger partial charge in [0, 0.05) is 6.54 Å². The molecule has 0 bridgehead atoms. The monoisotopic (exact) mass is 260 g/mol. The van der Waals surface area contributed by atoms with Gasteiger partial charge < -0.3 is 10.1 Å². The van der Waals surface area contributed by atoms with E-state index in [0.29, 0.717) is 18.8 Å². The Hall–Kier alpha value is -2.55. The average Bonchev–Trinajstić information content (AvgIpc) is 2.42. The largest absolute Gasteiger partial charge is 0.494 e. The molecule has 0 aliphatic rings. The molecule has 1 aromatic carbocycles. The van der Waals surface area contributed by atoms with Crippen molar-refractivity contribution in [3.63, 3.8) is 0 Å². The topological polar surface area (TPSA) is 86.5 Å². The van der Waals surface area contributed by atoms with Gasteiger partial charge >= 0.3 is 0 Å². The summed E-state index contributed by atoms with van der Waals surface area (Å²) in [5.41, 5.74) is 3.11. The first-order valence-corrected chi connectivity index (χ1v) is 5.96. The summed E-state index contributed by atoms with van der Waals surface area (Å²) in [6.45, 7) is 4.72. The summed E-state index contributed by atoms with van der Waals surface area (Å²) in [4.78, 5) is 11.4. The molecule has 6 heteroatoms. The summed E-state index contributed by atoms with van der Waals surface area (Å²) in [5.74, 6) is 0.254. The molecule has 0 saturated heterocycles. The molecule has 100 valence electrons. The molecule has 1 aromatic rings. The summed E-state index contributed by atoms with van der Waals surface area (Å²) in [7, 11) is 0. The third kappa shape index (κ3) is 4.68. The number of ether oxygens (including phenoxy) is 1. The molecule has 0 aliphatic carbocycles. The van der Waals surface area contributed by atoms with E-state index < -0.39 is 5.91 Å². The van der Waals surface area contributed by atoms with Gasteiger partial charge in [-0.2, -0.15) is 10.4 Å². The number of hydrazone groups is 1. The van der Waals surface area contributed by atoms with Gasteiger partial charge in [0.2, 0.25) is 5.71 Å². The van der Waals surface area contributed by atoms with Crippen molar-refractivity contribution in [3.8, 4) is 11.8 Å². The molecular formula is C13H16N4O2. The summed E-state index contributed by atoms with van der Waals surface area (Å²) in [6, 6.07) is 8.80. The maximum atomic E-state index is 11.4. The minimum atomic E-state index is -0.497. The quantitative estimate of drug-likeness (QED) is 0.599. The van der Waals surface area contributed by atoms with Gasteiger partial charge in [-0.3, -0.25) is 10.2 Å². The van der Waals surface area contributed by atoms with Crippen LogP contribution in [-0.4, -0.2) is 24.8 Å². The molecule has 6 nitrogen and oxygen atoms in total. The van der Waals surface area contributed by atoms with Gasteiger partial charge in [0.25, 0.3) is 5.91 Å². The van der Waals surface area contributed by atoms with Crippen LogP contribution < -0.4 is 15.5 Å². The Balaban J connectivity index is 2.68. The molecular weight excluding hydrogens is 244 g/mol. The van der Waals surface area contributed by atoms with E-state index in [-0.39, 0.29) is 5.71 Å². The Morgan fingerprint density at radius 3 is 2.58 bits per heavy atom. The van der Waals surface area contributed by atoms with Gasteiger partial charge in [0.05, 0.1) is 12.3 Å². The van der Waals surface area contributed by atoms with Crippen molar-refractivity contribution in [3.05, 3.63) is 24.3 Å². The van der Waals surface area contributed by atoms with E-state index in [9.17, 15) is 4.79 Å². The van der Waals surface area contributed by atoms with Crippen LogP contribution in [0.4, 0.5) is 5.69 Å². The van der Waals surface area contributed by atoms with Gasteiger partial charge in [-0.25, -0.2) is 0 Å². The highest BCUT2D eigenvalue weighted by Gasteiger charge is 2.08. The normalized spacial score (nSPS) is 10.5. The third-order valence-electron chi connectivity index (χ3n) is 2.12. The second-order valence-corrected chi connectivity index (χ2v) is 3.50. The number of nitrogens with zero attached hydrogens (tertiary/aromatic N) is 2. The number of benzene rings is 1. The minimum absolute atomic E-state index is 0.212. The van der Waals surface area contributed by atoms with Crippen molar-refractivity contribution in [2.24, 2.45) is 5.10 Å². The molecule has 2 N–H and O–H groups in total. The first kappa shape index (κ1) is 14.5. The number of nitrogens with one attached hydrogen (secondary N) is 2. The lowest BCUT2D eigenvalue weighted by atomic mass is 10.3. The zero-order valence-corrected chi connectivity index (χ0v) is 10.9. The first-order valence-electron chi connectivity index (χ1n) is 5.96. The molecule has 0 unspecified atom stereocenters. The standard InChI is InChI=1S/C13H16N4O2/c1-3-15-13(18)12(9-14)17-16-10-5-7-11(8-6-10)19-4-2/h5-8,16H,3-4H2,1-2H3,(H,15,18)/b17-12+. The fraction of sp³-hybridized carbons (Fsp3) is 0.308. The van der Waals surface area contributed by atoms with Gasteiger partial charge in [0.1, 0.15) is 11.8 Å². The van der Waals surface area contributed by atoms with Crippen molar-refractivity contribution in [2.45, 2.75) is 13.8 Å². The number of nitriles is 1. The van der Waals surface area contributed by atoms with Crippen molar-refractivity contribution in [1.82, 2.24) is 5.32 Å². The van der Waals surface area contributed by atoms with E-state index in [0.717, 1.165) is 5.75 Å². The van der Waals surface area contributed by atoms with E-state index >= 15 is 0 Å². The van der Waals surface area contributed by atoms with Crippen molar-refractivity contribution >= 4 is 17.3 Å². The Morgan fingerprint density at radius 1 is 1.37 bits per heavy atom. The lowest BCUT2D eigenvalue weighted by Crippen LogP contribution is -2.30. The molecule has 0 heterocycles. The van der Waals surface area contributed by atoms with Gasteiger partial charge in [-0.15, -0.1) is 0 Å². The van der Waals surface area contributed by atoms with E-state index in [1.54, 1.807) is 37.3 Å². The maximum Gasteiger partial charge on any atom is 0.282 e. The Morgan fingerprint density at radius 2 is 2.05 bits per heavy atom. The summed E-state index contributed by atoms with van der Waals surface area (Å²) >= 11 is 0. The smallest absolute Gasteiger partial charge is 0.282 e. The van der Waals surface area contributed by atoms with Crippen LogP contribution in [0.5, 0.6) is 5.75 Å². The van der Waals surface area contributed by atoms with Gasteiger partial charge in [0.15, 0.2) is 0 Å². The lowest BCUT2D eigenvalue weighted by Gasteiger charge is -2.05. The van der Waals surface area contributed by atoms with Crippen molar-refractivity contribution in [1.29, 1.82) is 5.26 Å². The average molecular weight is 260 g/mol. The van der Waals surface area contributed by atoms with Gasteiger partial charge in [-0.05, 0) is 38.1 Å². The van der Waals surface area contributed by atoms with Crippen molar-refractivity contribution < 1.29 is 9.53 Å². The fourth-order valence-electron chi connectivity index (χ4n) is 1.28. The highest BCUT2D eigenvalue weighted by atomic mass is 16.5. The van der Waals surface area contributed by atoms with Crippen LogP contribution in [0.25, 0.3) is 0 Å². The molecule has 0 aliphatic heterocycles. The van der Waals surface area contributed by atoms with E-state index in [1.807, 2.05) is 6.92 Å². The molecule has 1 rings (SSSR count). The van der Waals surface area contributed by atoms with Crippen LogP contribution in [-0.2, 0) is 4.79 Å². The molecule has 0 saturated carbocycles. The highest BCUT2D eigenvalue weighted by Crippen LogP contribution is 2.15. The molecule has 0 radical (unpaired) electrons. The maximum absolute atomic E-state index is 11.4. The number of hydrogen-bond donors (Lipinski definition) is 2. The summed E-state index contributed by atoms with van der Waals surface area (Å²) in [6.07, 6.45) is 0. The van der Waals surface area contributed by atoms with E-state index in [4.69, 9.17) is 10.00 Å². The van der Waals surface area contributed by atoms with Crippen LogP contribution >= 0.6 is 0 Å². The fourth-order valence-corrected chi connectivity index (χ4v) is 1.28. The number of carbonyl (C=O) groups excluding carboxylic acids is 1. The molecule has 19 heavy (non-hydrogen) atoms. The Labute approximate surface area is 112 Å². The van der Waals surface area contributed by atoms with Crippen LogP contribution in [0, 0.1) is 11.3 Å². The zero-order chi connectivity index (χ0) is 14.1. The summed E-state index contributed by atoms with van der Waals surface area (Å²) < 4.78 is 5.30.